The van der Waals surface area contributed by atoms with E-state index >= 15 is 0 Å². The molecular weight excluding hydrogens is 328 g/mol. The summed E-state index contributed by atoms with van der Waals surface area (Å²) in [6.07, 6.45) is 3.93. The molecule has 0 spiro atoms. The van der Waals surface area contributed by atoms with Crippen LogP contribution in [0.4, 0.5) is 0 Å². The largest absolute Gasteiger partial charge is 0.497 e. The second-order valence-electron chi connectivity index (χ2n) is 8.18. The Morgan fingerprint density at radius 2 is 1.69 bits per heavy atom. The Balaban J connectivity index is 1.72. The standard InChI is InChI=1S/C21H32N2O3/c1-21(2,3)23-20(25)17-10-8-16(9-11-17)19(24)22-13-12-15-6-5-7-18(14-15)26-4/h5-7,14,16-17H,8-13H2,1-4H3,(H,22,24)(H,23,25). The van der Waals surface area contributed by atoms with Crippen LogP contribution in [-0.2, 0) is 16.0 Å². The number of carbonyl (C=O) groups is 2. The number of rotatable bonds is 6. The van der Waals surface area contributed by atoms with Gasteiger partial charge in [0.05, 0.1) is 7.11 Å². The molecule has 0 radical (unpaired) electrons. The van der Waals surface area contributed by atoms with Crippen LogP contribution in [0.15, 0.2) is 24.3 Å². The van der Waals surface area contributed by atoms with Gasteiger partial charge in [0, 0.05) is 23.9 Å². The third kappa shape index (κ3) is 6.36. The molecule has 0 unspecified atom stereocenters. The molecule has 0 aromatic heterocycles. The molecule has 5 heteroatoms. The van der Waals surface area contributed by atoms with Crippen LogP contribution in [0.1, 0.15) is 52.0 Å². The number of ether oxygens (including phenoxy) is 1. The van der Waals surface area contributed by atoms with Gasteiger partial charge in [-0.1, -0.05) is 12.1 Å². The van der Waals surface area contributed by atoms with Crippen molar-refractivity contribution >= 4 is 11.8 Å². The van der Waals surface area contributed by atoms with Gasteiger partial charge < -0.3 is 15.4 Å². The van der Waals surface area contributed by atoms with Crippen molar-refractivity contribution in [2.24, 2.45) is 11.8 Å². The molecule has 0 bridgehead atoms. The lowest BCUT2D eigenvalue weighted by atomic mass is 9.81. The van der Waals surface area contributed by atoms with Gasteiger partial charge >= 0.3 is 0 Å². The minimum absolute atomic E-state index is 0.0268. The van der Waals surface area contributed by atoms with E-state index in [9.17, 15) is 9.59 Å². The van der Waals surface area contributed by atoms with Crippen molar-refractivity contribution in [1.29, 1.82) is 0 Å². The molecule has 0 aliphatic heterocycles. The van der Waals surface area contributed by atoms with Crippen LogP contribution in [0.5, 0.6) is 5.75 Å². The highest BCUT2D eigenvalue weighted by molar-refractivity contribution is 5.81. The molecule has 144 valence electrons. The van der Waals surface area contributed by atoms with Gasteiger partial charge in [0.25, 0.3) is 0 Å². The Labute approximate surface area is 156 Å². The summed E-state index contributed by atoms with van der Waals surface area (Å²) in [5.41, 5.74) is 0.943. The normalized spacial score (nSPS) is 20.3. The summed E-state index contributed by atoms with van der Waals surface area (Å²) in [4.78, 5) is 24.6. The molecule has 1 aliphatic carbocycles. The maximum atomic E-state index is 12.4. The van der Waals surface area contributed by atoms with E-state index in [1.165, 1.54) is 0 Å². The Morgan fingerprint density at radius 3 is 2.27 bits per heavy atom. The summed E-state index contributed by atoms with van der Waals surface area (Å²) < 4.78 is 5.22. The third-order valence-electron chi connectivity index (χ3n) is 4.81. The molecule has 2 rings (SSSR count). The zero-order valence-corrected chi connectivity index (χ0v) is 16.4. The van der Waals surface area contributed by atoms with E-state index < -0.39 is 0 Å². The molecule has 2 amide bonds. The topological polar surface area (TPSA) is 67.4 Å². The zero-order chi connectivity index (χ0) is 19.2. The van der Waals surface area contributed by atoms with Gasteiger partial charge in [-0.25, -0.2) is 0 Å². The first kappa shape index (κ1) is 20.3. The zero-order valence-electron chi connectivity index (χ0n) is 16.4. The highest BCUT2D eigenvalue weighted by atomic mass is 16.5. The minimum Gasteiger partial charge on any atom is -0.497 e. The van der Waals surface area contributed by atoms with Crippen molar-refractivity contribution in [3.05, 3.63) is 29.8 Å². The second kappa shape index (κ2) is 9.06. The highest BCUT2D eigenvalue weighted by Crippen LogP contribution is 2.29. The van der Waals surface area contributed by atoms with Crippen molar-refractivity contribution in [1.82, 2.24) is 10.6 Å². The SMILES string of the molecule is COc1cccc(CCNC(=O)C2CCC(C(=O)NC(C)(C)C)CC2)c1. The first-order valence-electron chi connectivity index (χ1n) is 9.51. The van der Waals surface area contributed by atoms with E-state index in [2.05, 4.69) is 10.6 Å². The molecule has 26 heavy (non-hydrogen) atoms. The Kier molecular flexibility index (Phi) is 7.06. The number of methoxy groups -OCH3 is 1. The van der Waals surface area contributed by atoms with Gasteiger partial charge in [-0.05, 0) is 70.6 Å². The van der Waals surface area contributed by atoms with E-state index in [-0.39, 0.29) is 29.2 Å². The quantitative estimate of drug-likeness (QED) is 0.819. The lowest BCUT2D eigenvalue weighted by molar-refractivity contribution is -0.131. The lowest BCUT2D eigenvalue weighted by Crippen LogP contribution is -2.45. The summed E-state index contributed by atoms with van der Waals surface area (Å²) in [7, 11) is 1.65. The molecule has 1 aromatic carbocycles. The molecule has 0 heterocycles. The van der Waals surface area contributed by atoms with Crippen LogP contribution >= 0.6 is 0 Å². The van der Waals surface area contributed by atoms with E-state index in [0.717, 1.165) is 43.4 Å². The monoisotopic (exact) mass is 360 g/mol. The highest BCUT2D eigenvalue weighted by Gasteiger charge is 2.31. The first-order valence-corrected chi connectivity index (χ1v) is 9.51. The number of carbonyl (C=O) groups excluding carboxylic acids is 2. The molecule has 5 nitrogen and oxygen atoms in total. The third-order valence-corrected chi connectivity index (χ3v) is 4.81. The van der Waals surface area contributed by atoms with Crippen LogP contribution < -0.4 is 15.4 Å². The summed E-state index contributed by atoms with van der Waals surface area (Å²) in [5, 5.41) is 6.09. The van der Waals surface area contributed by atoms with Crippen molar-refractivity contribution in [3.8, 4) is 5.75 Å². The van der Waals surface area contributed by atoms with Gasteiger partial charge in [0.15, 0.2) is 0 Å². The predicted octanol–water partition coefficient (Wildman–Crippen LogP) is 3.08. The number of benzene rings is 1. The maximum absolute atomic E-state index is 12.4. The second-order valence-corrected chi connectivity index (χ2v) is 8.18. The van der Waals surface area contributed by atoms with Gasteiger partial charge in [-0.2, -0.15) is 0 Å². The average Bonchev–Trinajstić information content (AvgIpc) is 2.60. The summed E-state index contributed by atoms with van der Waals surface area (Å²) in [6.45, 7) is 6.60. The molecular formula is C21H32N2O3. The van der Waals surface area contributed by atoms with Crippen molar-refractivity contribution < 1.29 is 14.3 Å². The van der Waals surface area contributed by atoms with Gasteiger partial charge in [0.2, 0.25) is 11.8 Å². The van der Waals surface area contributed by atoms with Crippen LogP contribution in [0, 0.1) is 11.8 Å². The van der Waals surface area contributed by atoms with E-state index in [4.69, 9.17) is 4.74 Å². The summed E-state index contributed by atoms with van der Waals surface area (Å²) in [6, 6.07) is 7.90. The van der Waals surface area contributed by atoms with E-state index in [1.807, 2.05) is 45.0 Å². The first-order chi connectivity index (χ1) is 12.3. The number of hydrogen-bond acceptors (Lipinski definition) is 3. The summed E-state index contributed by atoms with van der Waals surface area (Å²) >= 11 is 0. The predicted molar refractivity (Wildman–Crippen MR) is 103 cm³/mol. The Morgan fingerprint density at radius 1 is 1.08 bits per heavy atom. The average molecular weight is 360 g/mol. The van der Waals surface area contributed by atoms with Crippen LogP contribution in [0.3, 0.4) is 0 Å². The molecule has 1 aromatic rings. The number of nitrogens with one attached hydrogen (secondary N) is 2. The molecule has 0 saturated heterocycles. The summed E-state index contributed by atoms with van der Waals surface area (Å²) in [5.74, 6) is 1.13. The fourth-order valence-corrected chi connectivity index (χ4v) is 3.39. The fraction of sp³-hybridized carbons (Fsp3) is 0.619. The molecule has 1 fully saturated rings. The Hall–Kier alpha value is -2.04. The smallest absolute Gasteiger partial charge is 0.223 e. The number of hydrogen-bond donors (Lipinski definition) is 2. The van der Waals surface area contributed by atoms with Crippen LogP contribution in [-0.4, -0.2) is 31.0 Å². The van der Waals surface area contributed by atoms with E-state index in [1.54, 1.807) is 7.11 Å². The molecule has 1 aliphatic rings. The lowest BCUT2D eigenvalue weighted by Gasteiger charge is -2.30. The molecule has 2 N–H and O–H groups in total. The maximum Gasteiger partial charge on any atom is 0.223 e. The van der Waals surface area contributed by atoms with Gasteiger partial charge in [0.1, 0.15) is 5.75 Å². The van der Waals surface area contributed by atoms with Crippen molar-refractivity contribution in [3.63, 3.8) is 0 Å². The fourth-order valence-electron chi connectivity index (χ4n) is 3.39. The van der Waals surface area contributed by atoms with Crippen LogP contribution in [0.2, 0.25) is 0 Å². The molecule has 1 saturated carbocycles. The number of amides is 2. The van der Waals surface area contributed by atoms with E-state index in [0.29, 0.717) is 6.54 Å². The minimum atomic E-state index is -0.203. The van der Waals surface area contributed by atoms with Gasteiger partial charge in [-0.15, -0.1) is 0 Å². The van der Waals surface area contributed by atoms with Crippen molar-refractivity contribution in [2.45, 2.75) is 58.4 Å². The Bertz CT molecular complexity index is 614. The molecule has 0 atom stereocenters. The van der Waals surface area contributed by atoms with Crippen molar-refractivity contribution in [2.75, 3.05) is 13.7 Å². The van der Waals surface area contributed by atoms with Crippen LogP contribution in [0.25, 0.3) is 0 Å². The van der Waals surface area contributed by atoms with Gasteiger partial charge in [-0.3, -0.25) is 9.59 Å².